The highest BCUT2D eigenvalue weighted by Gasteiger charge is 2.23. The van der Waals surface area contributed by atoms with E-state index in [0.717, 1.165) is 23.1 Å². The number of pyridine rings is 1. The first-order chi connectivity index (χ1) is 13.9. The van der Waals surface area contributed by atoms with Gasteiger partial charge in [0.1, 0.15) is 28.9 Å². The summed E-state index contributed by atoms with van der Waals surface area (Å²) in [6.45, 7) is 9.57. The van der Waals surface area contributed by atoms with E-state index in [1.807, 2.05) is 12.1 Å². The molecule has 2 aromatic rings. The molecule has 0 bridgehead atoms. The number of carbonyl (C=O) groups is 1. The van der Waals surface area contributed by atoms with Gasteiger partial charge in [0.25, 0.3) is 0 Å². The zero-order chi connectivity index (χ0) is 21.0. The lowest BCUT2D eigenvalue weighted by Gasteiger charge is -2.23. The van der Waals surface area contributed by atoms with Gasteiger partial charge in [-0.1, -0.05) is 32.4 Å². The lowest BCUT2D eigenvalue weighted by atomic mass is 9.98. The van der Waals surface area contributed by atoms with Gasteiger partial charge in [0.2, 0.25) is 0 Å². The second-order valence-electron chi connectivity index (χ2n) is 7.66. The lowest BCUT2D eigenvalue weighted by molar-refractivity contribution is 0.168. The third-order valence-corrected chi connectivity index (χ3v) is 4.97. The summed E-state index contributed by atoms with van der Waals surface area (Å²) in [4.78, 5) is 15.9. The van der Waals surface area contributed by atoms with Gasteiger partial charge in [0.05, 0.1) is 13.2 Å². The zero-order valence-corrected chi connectivity index (χ0v) is 18.0. The van der Waals surface area contributed by atoms with Crippen LogP contribution in [0.1, 0.15) is 39.7 Å². The van der Waals surface area contributed by atoms with Crippen LogP contribution >= 0.6 is 11.6 Å². The average Bonchev–Trinajstić information content (AvgIpc) is 2.67. The molecule has 1 atom stereocenters. The molecule has 1 aromatic carbocycles. The maximum atomic E-state index is 11.7. The monoisotopic (exact) mass is 418 g/mol. The highest BCUT2D eigenvalue weighted by Crippen LogP contribution is 2.46. The van der Waals surface area contributed by atoms with Gasteiger partial charge in [-0.3, -0.25) is 5.32 Å². The third-order valence-electron chi connectivity index (χ3n) is 4.61. The summed E-state index contributed by atoms with van der Waals surface area (Å²) in [6.07, 6.45) is 2.24. The number of hydrogen-bond donors (Lipinski definition) is 1. The SMILES string of the molecule is CCOC(=O)Nc1cc2c(cn1)COc1c-2ccc(OC[C@H](C)CC(C)C)c1Cl. The number of benzene rings is 1. The largest absolute Gasteiger partial charge is 0.492 e. The van der Waals surface area contributed by atoms with E-state index in [0.29, 0.717) is 54.0 Å². The molecule has 1 aliphatic heterocycles. The minimum Gasteiger partial charge on any atom is -0.492 e. The second kappa shape index (κ2) is 9.35. The molecule has 0 saturated carbocycles. The van der Waals surface area contributed by atoms with Crippen molar-refractivity contribution in [2.45, 2.75) is 40.7 Å². The van der Waals surface area contributed by atoms with Gasteiger partial charge in [-0.25, -0.2) is 9.78 Å². The Labute approximate surface area is 176 Å². The van der Waals surface area contributed by atoms with Crippen LogP contribution in [-0.4, -0.2) is 24.3 Å². The van der Waals surface area contributed by atoms with E-state index in [9.17, 15) is 4.79 Å². The van der Waals surface area contributed by atoms with Crippen LogP contribution in [0.15, 0.2) is 24.4 Å². The second-order valence-corrected chi connectivity index (χ2v) is 8.04. The van der Waals surface area contributed by atoms with Gasteiger partial charge in [0, 0.05) is 17.3 Å². The zero-order valence-electron chi connectivity index (χ0n) is 17.3. The average molecular weight is 419 g/mol. The number of halogens is 1. The number of rotatable bonds is 7. The van der Waals surface area contributed by atoms with Crippen LogP contribution in [0.5, 0.6) is 11.5 Å². The quantitative estimate of drug-likeness (QED) is 0.603. The Bertz CT molecular complexity index is 885. The van der Waals surface area contributed by atoms with E-state index < -0.39 is 6.09 Å². The fourth-order valence-electron chi connectivity index (χ4n) is 3.45. The number of anilines is 1. The molecule has 1 amide bonds. The number of hydrogen-bond acceptors (Lipinski definition) is 5. The van der Waals surface area contributed by atoms with Crippen molar-refractivity contribution in [1.29, 1.82) is 0 Å². The Morgan fingerprint density at radius 1 is 1.31 bits per heavy atom. The number of aromatic nitrogens is 1. The predicted octanol–water partition coefficient (Wildman–Crippen LogP) is 5.92. The maximum Gasteiger partial charge on any atom is 0.412 e. The van der Waals surface area contributed by atoms with E-state index in [2.05, 4.69) is 31.1 Å². The summed E-state index contributed by atoms with van der Waals surface area (Å²) in [5, 5.41) is 3.09. The molecule has 1 aliphatic rings. The van der Waals surface area contributed by atoms with Crippen molar-refractivity contribution in [3.05, 3.63) is 35.0 Å². The van der Waals surface area contributed by atoms with E-state index in [4.69, 9.17) is 25.8 Å². The number of ether oxygens (including phenoxy) is 3. The van der Waals surface area contributed by atoms with E-state index >= 15 is 0 Å². The summed E-state index contributed by atoms with van der Waals surface area (Å²) < 4.78 is 16.8. The molecule has 2 heterocycles. The van der Waals surface area contributed by atoms with Crippen LogP contribution in [0.4, 0.5) is 10.6 Å². The van der Waals surface area contributed by atoms with Gasteiger partial charge < -0.3 is 14.2 Å². The molecular weight excluding hydrogens is 392 g/mol. The fourth-order valence-corrected chi connectivity index (χ4v) is 3.72. The van der Waals surface area contributed by atoms with Crippen LogP contribution in [0.25, 0.3) is 11.1 Å². The van der Waals surface area contributed by atoms with E-state index in [1.54, 1.807) is 19.2 Å². The fraction of sp³-hybridized carbons (Fsp3) is 0.455. The van der Waals surface area contributed by atoms with Crippen LogP contribution in [0.2, 0.25) is 5.02 Å². The maximum absolute atomic E-state index is 11.7. The Hall–Kier alpha value is -2.47. The Morgan fingerprint density at radius 3 is 2.83 bits per heavy atom. The van der Waals surface area contributed by atoms with Crippen molar-refractivity contribution in [2.24, 2.45) is 11.8 Å². The molecule has 0 spiro atoms. The molecule has 1 N–H and O–H groups in total. The highest BCUT2D eigenvalue weighted by atomic mass is 35.5. The molecule has 0 unspecified atom stereocenters. The van der Waals surface area contributed by atoms with Crippen molar-refractivity contribution in [1.82, 2.24) is 4.98 Å². The molecule has 1 aromatic heterocycles. The number of fused-ring (bicyclic) bond motifs is 3. The number of amides is 1. The van der Waals surface area contributed by atoms with Gasteiger partial charge in [-0.2, -0.15) is 0 Å². The summed E-state index contributed by atoms with van der Waals surface area (Å²) >= 11 is 6.59. The minimum atomic E-state index is -0.537. The number of nitrogens with one attached hydrogen (secondary N) is 1. The first kappa shape index (κ1) is 21.2. The van der Waals surface area contributed by atoms with Gasteiger partial charge in [-0.05, 0) is 48.9 Å². The van der Waals surface area contributed by atoms with Crippen LogP contribution < -0.4 is 14.8 Å². The molecule has 0 fully saturated rings. The normalized spacial score (nSPS) is 13.2. The van der Waals surface area contributed by atoms with Crippen molar-refractivity contribution < 1.29 is 19.0 Å². The highest BCUT2D eigenvalue weighted by molar-refractivity contribution is 6.34. The van der Waals surface area contributed by atoms with Crippen molar-refractivity contribution in [2.75, 3.05) is 18.5 Å². The number of carbonyl (C=O) groups excluding carboxylic acids is 1. The topological polar surface area (TPSA) is 69.7 Å². The van der Waals surface area contributed by atoms with Gasteiger partial charge in [-0.15, -0.1) is 0 Å². The Morgan fingerprint density at radius 2 is 2.10 bits per heavy atom. The molecule has 7 heteroatoms. The lowest BCUT2D eigenvalue weighted by Crippen LogP contribution is -2.15. The Balaban J connectivity index is 1.82. The van der Waals surface area contributed by atoms with Crippen LogP contribution in [0.3, 0.4) is 0 Å². The van der Waals surface area contributed by atoms with Crippen molar-refractivity contribution in [3.8, 4) is 22.6 Å². The van der Waals surface area contributed by atoms with Gasteiger partial charge in [0.15, 0.2) is 0 Å². The van der Waals surface area contributed by atoms with Crippen molar-refractivity contribution >= 4 is 23.5 Å². The summed E-state index contributed by atoms with van der Waals surface area (Å²) in [5.41, 5.74) is 2.67. The first-order valence-electron chi connectivity index (χ1n) is 9.90. The Kier molecular flexibility index (Phi) is 6.85. The minimum absolute atomic E-state index is 0.293. The van der Waals surface area contributed by atoms with Gasteiger partial charge >= 0.3 is 6.09 Å². The molecule has 3 rings (SSSR count). The molecule has 0 radical (unpaired) electrons. The first-order valence-corrected chi connectivity index (χ1v) is 10.3. The molecule has 29 heavy (non-hydrogen) atoms. The molecular formula is C22H27ClN2O4. The van der Waals surface area contributed by atoms with Crippen LogP contribution in [-0.2, 0) is 11.3 Å². The standard InChI is InChI=1S/C22H27ClN2O4/c1-5-27-22(26)25-19-9-17-15(10-24-19)12-29-21-16(17)6-7-18(20(21)23)28-11-14(4)8-13(2)3/h6-7,9-10,13-14H,5,8,11-12H2,1-4H3,(H,24,25,26)/t14-/m1/s1. The van der Waals surface area contributed by atoms with Crippen molar-refractivity contribution in [3.63, 3.8) is 0 Å². The third kappa shape index (κ3) is 5.12. The summed E-state index contributed by atoms with van der Waals surface area (Å²) in [7, 11) is 0. The molecule has 0 aliphatic carbocycles. The smallest absolute Gasteiger partial charge is 0.412 e. The molecule has 156 valence electrons. The van der Waals surface area contributed by atoms with Crippen LogP contribution in [0, 0.1) is 11.8 Å². The summed E-state index contributed by atoms with van der Waals surface area (Å²) in [6, 6.07) is 5.59. The molecule has 6 nitrogen and oxygen atoms in total. The van der Waals surface area contributed by atoms with E-state index in [1.165, 1.54) is 0 Å². The summed E-state index contributed by atoms with van der Waals surface area (Å²) in [5.74, 6) is 2.67. The molecule has 0 saturated heterocycles. The predicted molar refractivity (Wildman–Crippen MR) is 114 cm³/mol. The van der Waals surface area contributed by atoms with E-state index in [-0.39, 0.29) is 0 Å². The number of nitrogens with zero attached hydrogens (tertiary/aromatic N) is 1.